The Kier molecular flexibility index (Phi) is 11.7. The van der Waals surface area contributed by atoms with E-state index in [1.54, 1.807) is 24.3 Å². The van der Waals surface area contributed by atoms with Crippen LogP contribution in [0.4, 0.5) is 0 Å². The van der Waals surface area contributed by atoms with E-state index in [-0.39, 0.29) is 17.9 Å². The summed E-state index contributed by atoms with van der Waals surface area (Å²) in [7, 11) is 0. The Morgan fingerprint density at radius 3 is 2.45 bits per heavy atom. The summed E-state index contributed by atoms with van der Waals surface area (Å²) >= 11 is 0. The van der Waals surface area contributed by atoms with Crippen molar-refractivity contribution in [3.8, 4) is 5.75 Å². The van der Waals surface area contributed by atoms with Crippen LogP contribution in [0.15, 0.2) is 54.6 Å². The first kappa shape index (κ1) is 31.0. The molecule has 0 unspecified atom stereocenters. The summed E-state index contributed by atoms with van der Waals surface area (Å²) in [6.07, 6.45) is 4.16. The van der Waals surface area contributed by atoms with Crippen molar-refractivity contribution in [2.75, 3.05) is 39.4 Å². The van der Waals surface area contributed by atoms with Gasteiger partial charge in [0.1, 0.15) is 24.4 Å². The molecular weight excluding hydrogens is 538 g/mol. The molecule has 1 fully saturated rings. The van der Waals surface area contributed by atoms with Crippen LogP contribution in [-0.2, 0) is 20.8 Å². The predicted octanol–water partition coefficient (Wildman–Crippen LogP) is 0.764. The van der Waals surface area contributed by atoms with Gasteiger partial charge in [0, 0.05) is 6.54 Å². The first-order valence-corrected chi connectivity index (χ1v) is 14.7. The van der Waals surface area contributed by atoms with Gasteiger partial charge in [-0.1, -0.05) is 42.5 Å². The van der Waals surface area contributed by atoms with Gasteiger partial charge in [-0.2, -0.15) is 0 Å². The van der Waals surface area contributed by atoms with Gasteiger partial charge in [0.15, 0.2) is 0 Å². The van der Waals surface area contributed by atoms with E-state index in [9.17, 15) is 24.3 Å². The fourth-order valence-electron chi connectivity index (χ4n) is 5.20. The normalized spacial score (nSPS) is 22.1. The molecule has 226 valence electrons. The Bertz CT molecular complexity index is 1200. The molecule has 0 bridgehead atoms. The standard InChI is InChI=1S/C31H41N5O6/c37-20-26-31(41)33-23(18-22-10-2-1-3-11-22)21-42-27-13-5-4-12-24(27)29(39)35-25(19-28(38)34-26)30(40)32-14-6-7-15-36-16-8-9-17-36/h1-5,10-13,23,25-26,37H,6-9,14-21H2,(H,32,40)(H,33,41)(H,34,38)(H,35,39)/t23-,25+,26+/m1/s1. The Morgan fingerprint density at radius 2 is 1.69 bits per heavy atom. The molecule has 0 saturated carbocycles. The molecule has 0 spiro atoms. The monoisotopic (exact) mass is 579 g/mol. The number of aliphatic hydroxyl groups excluding tert-OH is 1. The van der Waals surface area contributed by atoms with Gasteiger partial charge in [-0.05, 0) is 69.4 Å². The number of unbranched alkanes of at least 4 members (excludes halogenated alkanes) is 1. The second kappa shape index (κ2) is 15.9. The maximum atomic E-state index is 13.3. The van der Waals surface area contributed by atoms with E-state index in [4.69, 9.17) is 4.74 Å². The molecule has 0 aromatic heterocycles. The van der Waals surface area contributed by atoms with Crippen LogP contribution in [0.5, 0.6) is 5.75 Å². The first-order chi connectivity index (χ1) is 20.4. The van der Waals surface area contributed by atoms with Crippen molar-refractivity contribution < 1.29 is 29.0 Å². The number of benzene rings is 2. The third kappa shape index (κ3) is 9.28. The molecule has 0 radical (unpaired) electrons. The molecule has 2 aliphatic rings. The molecule has 3 atom stereocenters. The number of aliphatic hydroxyl groups is 1. The summed E-state index contributed by atoms with van der Waals surface area (Å²) in [5, 5.41) is 20.8. The number of carbonyl (C=O) groups is 4. The van der Waals surface area contributed by atoms with Crippen LogP contribution in [0.25, 0.3) is 0 Å². The molecule has 1 saturated heterocycles. The molecule has 4 rings (SSSR count). The van der Waals surface area contributed by atoms with E-state index in [0.29, 0.717) is 13.0 Å². The van der Waals surface area contributed by atoms with Crippen molar-refractivity contribution in [2.45, 2.75) is 56.7 Å². The maximum Gasteiger partial charge on any atom is 0.255 e. The Hall–Kier alpha value is -3.96. The van der Waals surface area contributed by atoms with Gasteiger partial charge in [0.05, 0.1) is 24.6 Å². The average molecular weight is 580 g/mol. The van der Waals surface area contributed by atoms with Gasteiger partial charge in [0.25, 0.3) is 5.91 Å². The van der Waals surface area contributed by atoms with Gasteiger partial charge in [0.2, 0.25) is 17.7 Å². The lowest BCUT2D eigenvalue weighted by Crippen LogP contribution is -2.55. The lowest BCUT2D eigenvalue weighted by atomic mass is 10.1. The van der Waals surface area contributed by atoms with Crippen LogP contribution >= 0.6 is 0 Å². The SMILES string of the molecule is O=C1C[C@@H](C(=O)NCCCCN2CCCC2)NC(=O)c2ccccc2OC[C@@H](Cc2ccccc2)NC(=O)[C@H](CO)N1. The third-order valence-corrected chi connectivity index (χ3v) is 7.49. The second-order valence-electron chi connectivity index (χ2n) is 10.8. The van der Waals surface area contributed by atoms with E-state index in [0.717, 1.165) is 38.0 Å². The first-order valence-electron chi connectivity index (χ1n) is 14.7. The van der Waals surface area contributed by atoms with Crippen LogP contribution < -0.4 is 26.0 Å². The minimum atomic E-state index is -1.24. The lowest BCUT2D eigenvalue weighted by molar-refractivity contribution is -0.132. The molecule has 11 nitrogen and oxygen atoms in total. The number of ether oxygens (including phenoxy) is 1. The highest BCUT2D eigenvalue weighted by molar-refractivity contribution is 6.01. The molecule has 42 heavy (non-hydrogen) atoms. The number of hydrogen-bond donors (Lipinski definition) is 5. The molecule has 2 aromatic carbocycles. The summed E-state index contributed by atoms with van der Waals surface area (Å²) in [5.41, 5.74) is 1.16. The summed E-state index contributed by atoms with van der Waals surface area (Å²) in [6.45, 7) is 3.00. The number of rotatable bonds is 9. The highest BCUT2D eigenvalue weighted by Gasteiger charge is 2.29. The minimum Gasteiger partial charge on any atom is -0.491 e. The number of para-hydroxylation sites is 1. The zero-order valence-electron chi connectivity index (χ0n) is 23.8. The third-order valence-electron chi connectivity index (χ3n) is 7.49. The zero-order chi connectivity index (χ0) is 29.7. The Morgan fingerprint density at radius 1 is 0.952 bits per heavy atom. The number of fused-ring (bicyclic) bond motifs is 1. The molecular formula is C31H41N5O6. The fourth-order valence-corrected chi connectivity index (χ4v) is 5.20. The van der Waals surface area contributed by atoms with Crippen molar-refractivity contribution in [2.24, 2.45) is 0 Å². The summed E-state index contributed by atoms with van der Waals surface area (Å²) in [6, 6.07) is 13.2. The average Bonchev–Trinajstić information content (AvgIpc) is 3.52. The molecule has 2 heterocycles. The van der Waals surface area contributed by atoms with E-state index < -0.39 is 54.8 Å². The number of nitrogens with zero attached hydrogens (tertiary/aromatic N) is 1. The summed E-state index contributed by atoms with van der Waals surface area (Å²) in [5.74, 6) is -2.02. The van der Waals surface area contributed by atoms with Crippen LogP contribution in [-0.4, -0.2) is 91.2 Å². The molecule has 5 N–H and O–H groups in total. The largest absolute Gasteiger partial charge is 0.491 e. The number of hydrogen-bond acceptors (Lipinski definition) is 7. The Balaban J connectivity index is 1.47. The highest BCUT2D eigenvalue weighted by atomic mass is 16.5. The van der Waals surface area contributed by atoms with Gasteiger partial charge in [-0.15, -0.1) is 0 Å². The van der Waals surface area contributed by atoms with Gasteiger partial charge < -0.3 is 36.0 Å². The van der Waals surface area contributed by atoms with Crippen molar-refractivity contribution >= 4 is 23.6 Å². The van der Waals surface area contributed by atoms with Crippen molar-refractivity contribution in [1.29, 1.82) is 0 Å². The fraction of sp³-hybridized carbons (Fsp3) is 0.484. The maximum absolute atomic E-state index is 13.3. The number of amides is 4. The topological polar surface area (TPSA) is 149 Å². The smallest absolute Gasteiger partial charge is 0.255 e. The number of likely N-dealkylation sites (tertiary alicyclic amines) is 1. The van der Waals surface area contributed by atoms with Crippen LogP contribution in [0.2, 0.25) is 0 Å². The molecule has 0 aliphatic carbocycles. The predicted molar refractivity (Wildman–Crippen MR) is 157 cm³/mol. The second-order valence-corrected chi connectivity index (χ2v) is 10.8. The van der Waals surface area contributed by atoms with E-state index in [2.05, 4.69) is 26.2 Å². The molecule has 11 heteroatoms. The van der Waals surface area contributed by atoms with Crippen molar-refractivity contribution in [1.82, 2.24) is 26.2 Å². The molecule has 2 aliphatic heterocycles. The van der Waals surface area contributed by atoms with E-state index in [1.165, 1.54) is 12.8 Å². The zero-order valence-corrected chi connectivity index (χ0v) is 23.8. The van der Waals surface area contributed by atoms with E-state index >= 15 is 0 Å². The lowest BCUT2D eigenvalue weighted by Gasteiger charge is -2.25. The molecule has 2 aromatic rings. The molecule has 4 amide bonds. The van der Waals surface area contributed by atoms with Crippen LogP contribution in [0.1, 0.15) is 48.0 Å². The van der Waals surface area contributed by atoms with Crippen molar-refractivity contribution in [3.63, 3.8) is 0 Å². The summed E-state index contributed by atoms with van der Waals surface area (Å²) in [4.78, 5) is 54.9. The number of nitrogens with one attached hydrogen (secondary N) is 4. The quantitative estimate of drug-likeness (QED) is 0.276. The summed E-state index contributed by atoms with van der Waals surface area (Å²) < 4.78 is 6.03. The van der Waals surface area contributed by atoms with Gasteiger partial charge in [-0.25, -0.2) is 0 Å². The van der Waals surface area contributed by atoms with Gasteiger partial charge in [-0.3, -0.25) is 19.2 Å². The Labute approximate surface area is 246 Å². The minimum absolute atomic E-state index is 0.0262. The highest BCUT2D eigenvalue weighted by Crippen LogP contribution is 2.19. The van der Waals surface area contributed by atoms with Gasteiger partial charge >= 0.3 is 0 Å². The van der Waals surface area contributed by atoms with E-state index in [1.807, 2.05) is 30.3 Å². The van der Waals surface area contributed by atoms with Crippen molar-refractivity contribution in [3.05, 3.63) is 65.7 Å². The van der Waals surface area contributed by atoms with Crippen LogP contribution in [0, 0.1) is 0 Å². The number of carbonyl (C=O) groups excluding carboxylic acids is 4. The van der Waals surface area contributed by atoms with Crippen LogP contribution in [0.3, 0.4) is 0 Å².